The predicted octanol–water partition coefficient (Wildman–Crippen LogP) is 16.7. The topological polar surface area (TPSA) is 134 Å². The smallest absolute Gasteiger partial charge is 0.462 e. The highest BCUT2D eigenvalue weighted by Crippen LogP contribution is 2.43. The van der Waals surface area contributed by atoms with Crippen molar-refractivity contribution in [1.82, 2.24) is 0 Å². The Kier molecular flexibility index (Phi) is 50.4. The maximum atomic E-state index is 12.6. The number of rotatable bonds is 50. The summed E-state index contributed by atoms with van der Waals surface area (Å²) in [4.78, 5) is 35.1. The van der Waals surface area contributed by atoms with Gasteiger partial charge in [-0.25, -0.2) is 4.57 Å². The molecule has 9 nitrogen and oxygen atoms in total. The zero-order valence-corrected chi connectivity index (χ0v) is 43.8. The second-order valence-corrected chi connectivity index (χ2v) is 19.2. The van der Waals surface area contributed by atoms with E-state index >= 15 is 0 Å². The van der Waals surface area contributed by atoms with Gasteiger partial charge in [-0.2, -0.15) is 0 Å². The van der Waals surface area contributed by atoms with Crippen molar-refractivity contribution in [3.63, 3.8) is 0 Å². The van der Waals surface area contributed by atoms with Crippen molar-refractivity contribution in [2.45, 2.75) is 238 Å². The van der Waals surface area contributed by atoms with E-state index in [4.69, 9.17) is 24.3 Å². The normalized spacial score (nSPS) is 13.8. The molecule has 0 aliphatic carbocycles. The molecular formula is C57H100NO8P. The lowest BCUT2D eigenvalue weighted by molar-refractivity contribution is -0.161. The summed E-state index contributed by atoms with van der Waals surface area (Å²) in [6, 6.07) is 0. The van der Waals surface area contributed by atoms with E-state index in [-0.39, 0.29) is 32.6 Å². The number of esters is 2. The van der Waals surface area contributed by atoms with Gasteiger partial charge < -0.3 is 20.1 Å². The maximum Gasteiger partial charge on any atom is 0.472 e. The Morgan fingerprint density at radius 3 is 1.22 bits per heavy atom. The minimum Gasteiger partial charge on any atom is -0.462 e. The van der Waals surface area contributed by atoms with Crippen molar-refractivity contribution in [3.05, 3.63) is 85.1 Å². The SMILES string of the molecule is CC/C=C\C/C=C\C/C=C\C/C=C\CCCCCCC(=O)OC(COC(=O)CCCCCCCCCCCCCCCC/C=C\C/C=C\C/C=C\CCCCCCC)COP(=O)(O)OCCN. The first-order valence-corrected chi connectivity index (χ1v) is 28.6. The van der Waals surface area contributed by atoms with Gasteiger partial charge in [0, 0.05) is 19.4 Å². The van der Waals surface area contributed by atoms with Crippen LogP contribution in [0.15, 0.2) is 85.1 Å². The number of carbonyl (C=O) groups is 2. The van der Waals surface area contributed by atoms with E-state index in [0.717, 1.165) is 83.5 Å². The minimum atomic E-state index is -4.40. The van der Waals surface area contributed by atoms with Crippen LogP contribution in [0, 0.1) is 0 Å². The van der Waals surface area contributed by atoms with Gasteiger partial charge in [0.2, 0.25) is 0 Å². The molecule has 67 heavy (non-hydrogen) atoms. The lowest BCUT2D eigenvalue weighted by Gasteiger charge is -2.19. The Morgan fingerprint density at radius 2 is 0.821 bits per heavy atom. The Bertz CT molecular complexity index is 1370. The average Bonchev–Trinajstić information content (AvgIpc) is 3.32. The molecule has 0 rings (SSSR count). The molecule has 0 bridgehead atoms. The number of allylic oxidation sites excluding steroid dienone is 14. The summed E-state index contributed by atoms with van der Waals surface area (Å²) >= 11 is 0. The van der Waals surface area contributed by atoms with Gasteiger partial charge in [0.15, 0.2) is 6.10 Å². The van der Waals surface area contributed by atoms with E-state index in [1.807, 2.05) is 0 Å². The van der Waals surface area contributed by atoms with Gasteiger partial charge in [-0.1, -0.05) is 214 Å². The quantitative estimate of drug-likeness (QED) is 0.0264. The molecule has 0 saturated heterocycles. The van der Waals surface area contributed by atoms with E-state index < -0.39 is 32.5 Å². The number of unbranched alkanes of at least 4 members (excludes halogenated alkanes) is 23. The second kappa shape index (κ2) is 52.6. The molecule has 0 aromatic carbocycles. The number of hydrogen-bond donors (Lipinski definition) is 2. The largest absolute Gasteiger partial charge is 0.472 e. The number of carbonyl (C=O) groups excluding carboxylic acids is 2. The van der Waals surface area contributed by atoms with Gasteiger partial charge in [-0.15, -0.1) is 0 Å². The molecule has 2 atom stereocenters. The highest BCUT2D eigenvalue weighted by molar-refractivity contribution is 7.47. The highest BCUT2D eigenvalue weighted by atomic mass is 31.2. The molecular weight excluding hydrogens is 858 g/mol. The van der Waals surface area contributed by atoms with Gasteiger partial charge in [0.1, 0.15) is 6.61 Å². The summed E-state index contributed by atoms with van der Waals surface area (Å²) in [5.41, 5.74) is 5.37. The van der Waals surface area contributed by atoms with Crippen molar-refractivity contribution in [2.24, 2.45) is 5.73 Å². The van der Waals surface area contributed by atoms with Gasteiger partial charge in [-0.3, -0.25) is 18.6 Å². The van der Waals surface area contributed by atoms with E-state index in [0.29, 0.717) is 6.42 Å². The van der Waals surface area contributed by atoms with Crippen molar-refractivity contribution in [2.75, 3.05) is 26.4 Å². The molecule has 10 heteroatoms. The second-order valence-electron chi connectivity index (χ2n) is 17.7. The molecule has 2 unspecified atom stereocenters. The van der Waals surface area contributed by atoms with Crippen LogP contribution in [0.25, 0.3) is 0 Å². The van der Waals surface area contributed by atoms with Crippen LogP contribution in [0.2, 0.25) is 0 Å². The van der Waals surface area contributed by atoms with Crippen LogP contribution in [0.5, 0.6) is 0 Å². The number of nitrogens with two attached hydrogens (primary N) is 1. The van der Waals surface area contributed by atoms with Crippen LogP contribution >= 0.6 is 7.82 Å². The Labute approximate surface area is 411 Å². The van der Waals surface area contributed by atoms with Gasteiger partial charge in [0.25, 0.3) is 0 Å². The average molecular weight is 958 g/mol. The first-order chi connectivity index (χ1) is 32.8. The molecule has 0 saturated carbocycles. The van der Waals surface area contributed by atoms with Gasteiger partial charge >= 0.3 is 19.8 Å². The van der Waals surface area contributed by atoms with E-state index in [1.54, 1.807) is 0 Å². The van der Waals surface area contributed by atoms with Crippen LogP contribution in [-0.4, -0.2) is 49.3 Å². The summed E-state index contributed by atoms with van der Waals surface area (Å²) < 4.78 is 32.9. The number of phosphoric ester groups is 1. The fourth-order valence-corrected chi connectivity index (χ4v) is 8.05. The molecule has 0 aliphatic rings. The third-order valence-electron chi connectivity index (χ3n) is 11.3. The van der Waals surface area contributed by atoms with Crippen LogP contribution in [0.4, 0.5) is 0 Å². The molecule has 0 spiro atoms. The highest BCUT2D eigenvalue weighted by Gasteiger charge is 2.26. The molecule has 0 amide bonds. The summed E-state index contributed by atoms with van der Waals surface area (Å²) in [5, 5.41) is 0. The third kappa shape index (κ3) is 52.4. The van der Waals surface area contributed by atoms with Crippen molar-refractivity contribution in [3.8, 4) is 0 Å². The first kappa shape index (κ1) is 64.2. The number of hydrogen-bond acceptors (Lipinski definition) is 8. The molecule has 0 heterocycles. The fourth-order valence-electron chi connectivity index (χ4n) is 7.28. The summed E-state index contributed by atoms with van der Waals surface area (Å²) in [7, 11) is -4.40. The number of phosphoric acid groups is 1. The van der Waals surface area contributed by atoms with Crippen LogP contribution in [0.1, 0.15) is 232 Å². The molecule has 0 fully saturated rings. The van der Waals surface area contributed by atoms with Crippen molar-refractivity contribution < 1.29 is 37.6 Å². The summed E-state index contributed by atoms with van der Waals surface area (Å²) in [6.07, 6.45) is 67.8. The Balaban J connectivity index is 4.00. The monoisotopic (exact) mass is 958 g/mol. The fraction of sp³-hybridized carbons (Fsp3) is 0.719. The molecule has 0 aromatic rings. The van der Waals surface area contributed by atoms with Gasteiger partial charge in [-0.05, 0) is 89.9 Å². The summed E-state index contributed by atoms with van der Waals surface area (Å²) in [5.74, 6) is -0.857. The zero-order valence-electron chi connectivity index (χ0n) is 42.9. The molecule has 3 N–H and O–H groups in total. The summed E-state index contributed by atoms with van der Waals surface area (Å²) in [6.45, 7) is 3.59. The number of ether oxygens (including phenoxy) is 2. The zero-order chi connectivity index (χ0) is 48.8. The molecule has 0 aromatic heterocycles. The van der Waals surface area contributed by atoms with E-state index in [2.05, 4.69) is 98.9 Å². The Hall–Kier alpha value is -2.81. The van der Waals surface area contributed by atoms with E-state index in [9.17, 15) is 19.0 Å². The predicted molar refractivity (Wildman–Crippen MR) is 284 cm³/mol. The maximum absolute atomic E-state index is 12.6. The standard InChI is InChI=1S/C57H100NO8P/c1-3-5-7-9-11-13-15-17-19-21-22-23-24-25-26-27-28-29-30-31-32-34-35-37-39-41-43-45-47-49-56(59)63-53-55(54-65-67(61,62)64-52-51-58)66-57(60)50-48-46-44-42-40-38-36-33-20-18-16-14-12-10-8-6-4-2/h6,8,12,14-15,17-18,20-22,24-25,36,38,55H,3-5,7,9-11,13,16,19,23,26-35,37,39-54,58H2,1-2H3,(H,61,62)/b8-6-,14-12-,17-15-,20-18-,22-21-,25-24-,38-36-. The van der Waals surface area contributed by atoms with E-state index in [1.165, 1.54) is 116 Å². The van der Waals surface area contributed by atoms with Gasteiger partial charge in [0.05, 0.1) is 13.2 Å². The molecule has 0 aliphatic heterocycles. The van der Waals surface area contributed by atoms with Crippen LogP contribution in [0.3, 0.4) is 0 Å². The van der Waals surface area contributed by atoms with Crippen molar-refractivity contribution in [1.29, 1.82) is 0 Å². The first-order valence-electron chi connectivity index (χ1n) is 27.1. The van der Waals surface area contributed by atoms with Crippen molar-refractivity contribution >= 4 is 19.8 Å². The van der Waals surface area contributed by atoms with Crippen LogP contribution in [-0.2, 0) is 32.7 Å². The molecule has 0 radical (unpaired) electrons. The molecule has 386 valence electrons. The third-order valence-corrected chi connectivity index (χ3v) is 12.2. The lowest BCUT2D eigenvalue weighted by Crippen LogP contribution is -2.29. The minimum absolute atomic E-state index is 0.0454. The Morgan fingerprint density at radius 1 is 0.463 bits per heavy atom. The lowest BCUT2D eigenvalue weighted by atomic mass is 10.0. The van der Waals surface area contributed by atoms with Crippen LogP contribution < -0.4 is 5.73 Å².